The van der Waals surface area contributed by atoms with E-state index >= 15 is 0 Å². The predicted molar refractivity (Wildman–Crippen MR) is 63.8 cm³/mol. The topological polar surface area (TPSA) is 90.6 Å². The molecule has 1 aromatic rings. The molecule has 2 N–H and O–H groups in total. The Labute approximate surface area is 118 Å². The van der Waals surface area contributed by atoms with Gasteiger partial charge in [-0.05, 0) is 17.7 Å². The van der Waals surface area contributed by atoms with Crippen LogP contribution in [0.25, 0.3) is 0 Å². The van der Waals surface area contributed by atoms with E-state index in [0.717, 1.165) is 19.2 Å². The van der Waals surface area contributed by atoms with Crippen LogP contribution in [0, 0.1) is 11.3 Å². The van der Waals surface area contributed by atoms with Crippen molar-refractivity contribution in [3.63, 3.8) is 0 Å². The van der Waals surface area contributed by atoms with E-state index in [-0.39, 0.29) is 5.56 Å². The number of esters is 1. The van der Waals surface area contributed by atoms with Crippen LogP contribution in [0.3, 0.4) is 0 Å². The van der Waals surface area contributed by atoms with Crippen LogP contribution >= 0.6 is 0 Å². The first-order valence-electron chi connectivity index (χ1n) is 5.75. The number of methoxy groups -OCH3 is 1. The Hall–Kier alpha value is -2.11. The number of hydrogen-bond donors (Lipinski definition) is 2. The Morgan fingerprint density at radius 3 is 2.52 bits per heavy atom. The van der Waals surface area contributed by atoms with Crippen LogP contribution in [0.2, 0.25) is 0 Å². The summed E-state index contributed by atoms with van der Waals surface area (Å²) in [5.74, 6) is -0.872. The van der Waals surface area contributed by atoms with Crippen LogP contribution in [-0.4, -0.2) is 29.4 Å². The molecule has 0 bridgehead atoms. The Bertz CT molecular complexity index is 566. The van der Waals surface area contributed by atoms with E-state index in [1.54, 1.807) is 6.07 Å². The molecule has 1 rings (SSSR count). The Morgan fingerprint density at radius 2 is 2.05 bits per heavy atom. The molecule has 8 heteroatoms. The molecule has 0 heterocycles. The number of nitrogens with zero attached hydrogens (tertiary/aromatic N) is 1. The van der Waals surface area contributed by atoms with Crippen molar-refractivity contribution in [2.45, 2.75) is 24.8 Å². The lowest BCUT2D eigenvalue weighted by molar-refractivity contribution is -0.145. The molecular weight excluding hydrogens is 291 g/mol. The van der Waals surface area contributed by atoms with Gasteiger partial charge in [-0.15, -0.1) is 0 Å². The van der Waals surface area contributed by atoms with Gasteiger partial charge in [-0.3, -0.25) is 4.79 Å². The molecule has 2 unspecified atom stereocenters. The summed E-state index contributed by atoms with van der Waals surface area (Å²) in [5.41, 5.74) is -2.09. The molecule has 2 atom stereocenters. The number of aliphatic hydroxyl groups excluding tert-OH is 2. The fraction of sp³-hybridized carbons (Fsp3) is 0.385. The molecule has 21 heavy (non-hydrogen) atoms. The van der Waals surface area contributed by atoms with E-state index in [9.17, 15) is 28.2 Å². The van der Waals surface area contributed by atoms with Crippen LogP contribution in [0.5, 0.6) is 0 Å². The van der Waals surface area contributed by atoms with Crippen molar-refractivity contribution in [3.05, 3.63) is 34.9 Å². The number of carbonyl (C=O) groups is 1. The normalized spacial score (nSPS) is 14.1. The van der Waals surface area contributed by atoms with Gasteiger partial charge in [0.1, 0.15) is 6.10 Å². The zero-order valence-corrected chi connectivity index (χ0v) is 10.9. The lowest BCUT2D eigenvalue weighted by atomic mass is 9.95. The smallest absolute Gasteiger partial charge is 0.416 e. The van der Waals surface area contributed by atoms with Gasteiger partial charge in [0.05, 0.1) is 36.8 Å². The molecule has 0 amide bonds. The highest BCUT2D eigenvalue weighted by molar-refractivity contribution is 5.69. The van der Waals surface area contributed by atoms with E-state index in [2.05, 4.69) is 4.74 Å². The van der Waals surface area contributed by atoms with Gasteiger partial charge >= 0.3 is 12.1 Å². The Morgan fingerprint density at radius 1 is 1.43 bits per heavy atom. The first-order chi connectivity index (χ1) is 9.70. The van der Waals surface area contributed by atoms with Crippen molar-refractivity contribution < 1.29 is 32.9 Å². The molecule has 1 aromatic carbocycles. The summed E-state index contributed by atoms with van der Waals surface area (Å²) in [4.78, 5) is 11.0. The minimum Gasteiger partial charge on any atom is -0.469 e. The molecule has 0 saturated carbocycles. The second-order valence-electron chi connectivity index (χ2n) is 4.20. The van der Waals surface area contributed by atoms with Gasteiger partial charge in [0, 0.05) is 0 Å². The van der Waals surface area contributed by atoms with E-state index in [1.807, 2.05) is 0 Å². The molecule has 0 radical (unpaired) electrons. The van der Waals surface area contributed by atoms with Crippen LogP contribution in [0.1, 0.15) is 29.2 Å². The summed E-state index contributed by atoms with van der Waals surface area (Å²) in [6, 6.07) is 4.11. The van der Waals surface area contributed by atoms with Crippen molar-refractivity contribution in [2.75, 3.05) is 7.11 Å². The number of carbonyl (C=O) groups excluding carboxylic acids is 1. The molecule has 114 valence electrons. The van der Waals surface area contributed by atoms with Gasteiger partial charge in [0.2, 0.25) is 0 Å². The summed E-state index contributed by atoms with van der Waals surface area (Å²) in [7, 11) is 1.05. The van der Waals surface area contributed by atoms with Crippen molar-refractivity contribution in [1.29, 1.82) is 5.26 Å². The largest absolute Gasteiger partial charge is 0.469 e. The third-order valence-electron chi connectivity index (χ3n) is 2.77. The highest BCUT2D eigenvalue weighted by Crippen LogP contribution is 2.36. The number of nitriles is 1. The van der Waals surface area contributed by atoms with Gasteiger partial charge in [-0.2, -0.15) is 18.4 Å². The standard InChI is InChI=1S/C13H12F3NO4/c1-21-11(19)5-10(18)12(20)8-3-2-7(6-17)4-9(8)13(14,15)16/h2-4,10,12,18,20H,5H2,1H3. The summed E-state index contributed by atoms with van der Waals surface area (Å²) < 4.78 is 43.0. The average Bonchev–Trinajstić information content (AvgIpc) is 2.44. The molecule has 0 aliphatic carbocycles. The lowest BCUT2D eigenvalue weighted by Gasteiger charge is -2.21. The number of benzene rings is 1. The SMILES string of the molecule is COC(=O)CC(O)C(O)c1ccc(C#N)cc1C(F)(F)F. The summed E-state index contributed by atoms with van der Waals surface area (Å²) >= 11 is 0. The van der Waals surface area contributed by atoms with E-state index in [0.29, 0.717) is 6.07 Å². The second-order valence-corrected chi connectivity index (χ2v) is 4.20. The molecular formula is C13H12F3NO4. The van der Waals surface area contributed by atoms with E-state index in [4.69, 9.17) is 5.26 Å². The lowest BCUT2D eigenvalue weighted by Crippen LogP contribution is -2.25. The maximum Gasteiger partial charge on any atom is 0.416 e. The van der Waals surface area contributed by atoms with E-state index in [1.165, 1.54) is 0 Å². The minimum atomic E-state index is -4.81. The van der Waals surface area contributed by atoms with Crippen LogP contribution in [0.15, 0.2) is 18.2 Å². The predicted octanol–water partition coefficient (Wildman–Crippen LogP) is 1.53. The number of ether oxygens (including phenoxy) is 1. The number of aliphatic hydroxyl groups is 2. The third-order valence-corrected chi connectivity index (χ3v) is 2.77. The van der Waals surface area contributed by atoms with Crippen LogP contribution < -0.4 is 0 Å². The molecule has 0 aliphatic heterocycles. The van der Waals surface area contributed by atoms with Gasteiger partial charge in [-0.1, -0.05) is 6.07 Å². The number of alkyl halides is 3. The molecule has 0 fully saturated rings. The molecule has 0 spiro atoms. The number of rotatable bonds is 4. The highest BCUT2D eigenvalue weighted by Gasteiger charge is 2.37. The average molecular weight is 303 g/mol. The van der Waals surface area contributed by atoms with Crippen molar-refractivity contribution in [1.82, 2.24) is 0 Å². The van der Waals surface area contributed by atoms with Crippen molar-refractivity contribution in [2.24, 2.45) is 0 Å². The molecule has 0 aliphatic rings. The highest BCUT2D eigenvalue weighted by atomic mass is 19.4. The summed E-state index contributed by atoms with van der Waals surface area (Å²) in [6.07, 6.45) is -9.16. The fourth-order valence-electron chi connectivity index (χ4n) is 1.70. The van der Waals surface area contributed by atoms with Gasteiger partial charge in [0.15, 0.2) is 0 Å². The van der Waals surface area contributed by atoms with Gasteiger partial charge in [0.25, 0.3) is 0 Å². The van der Waals surface area contributed by atoms with Crippen LogP contribution in [-0.2, 0) is 15.7 Å². The quantitative estimate of drug-likeness (QED) is 0.823. The van der Waals surface area contributed by atoms with Crippen molar-refractivity contribution in [3.8, 4) is 6.07 Å². The summed E-state index contributed by atoms with van der Waals surface area (Å²) in [6.45, 7) is 0. The van der Waals surface area contributed by atoms with Crippen LogP contribution in [0.4, 0.5) is 13.2 Å². The van der Waals surface area contributed by atoms with E-state index < -0.39 is 41.9 Å². The fourth-order valence-corrected chi connectivity index (χ4v) is 1.70. The maximum atomic E-state index is 12.9. The second kappa shape index (κ2) is 6.56. The molecule has 0 saturated heterocycles. The minimum absolute atomic E-state index is 0.235. The first-order valence-corrected chi connectivity index (χ1v) is 5.75. The number of hydrogen-bond acceptors (Lipinski definition) is 5. The van der Waals surface area contributed by atoms with Crippen molar-refractivity contribution >= 4 is 5.97 Å². The monoisotopic (exact) mass is 303 g/mol. The summed E-state index contributed by atoms with van der Waals surface area (Å²) in [5, 5.41) is 28.0. The Kier molecular flexibility index (Phi) is 5.29. The third kappa shape index (κ3) is 4.18. The van der Waals surface area contributed by atoms with Gasteiger partial charge < -0.3 is 14.9 Å². The number of halogens is 3. The maximum absolute atomic E-state index is 12.9. The zero-order valence-electron chi connectivity index (χ0n) is 10.9. The molecule has 0 aromatic heterocycles. The zero-order chi connectivity index (χ0) is 16.2. The first kappa shape index (κ1) is 16.9. The Balaban J connectivity index is 3.17. The molecule has 5 nitrogen and oxygen atoms in total. The van der Waals surface area contributed by atoms with Gasteiger partial charge in [-0.25, -0.2) is 0 Å².